The Morgan fingerprint density at radius 1 is 0.706 bits per heavy atom. The van der Waals surface area contributed by atoms with E-state index in [2.05, 4.69) is 12.1 Å². The quantitative estimate of drug-likeness (QED) is 0.486. The van der Waals surface area contributed by atoms with Gasteiger partial charge >= 0.3 is 0 Å². The number of hydrogen-bond acceptors (Lipinski definition) is 4. The second kappa shape index (κ2) is 6.73. The highest BCUT2D eigenvalue weighted by Crippen LogP contribution is 2.73. The fourth-order valence-corrected chi connectivity index (χ4v) is 10.7. The molecule has 10 rings (SSSR count). The Morgan fingerprint density at radius 3 is 2.03 bits per heavy atom. The third-order valence-corrected chi connectivity index (χ3v) is 11.8. The Labute approximate surface area is 203 Å². The molecule has 0 aromatic heterocycles. The van der Waals surface area contributed by atoms with E-state index in [1.807, 2.05) is 0 Å². The van der Waals surface area contributed by atoms with E-state index < -0.39 is 0 Å². The molecule has 2 aliphatic heterocycles. The maximum atomic E-state index is 6.67. The Morgan fingerprint density at radius 2 is 1.38 bits per heavy atom. The summed E-state index contributed by atoms with van der Waals surface area (Å²) in [5.74, 6) is 7.95. The van der Waals surface area contributed by atoms with Crippen LogP contribution in [0.4, 0.5) is 0 Å². The summed E-state index contributed by atoms with van der Waals surface area (Å²) in [6.07, 6.45) is 14.9. The van der Waals surface area contributed by atoms with Gasteiger partial charge in [0.15, 0.2) is 0 Å². The van der Waals surface area contributed by atoms with Crippen LogP contribution in [-0.2, 0) is 20.3 Å². The van der Waals surface area contributed by atoms with Crippen LogP contribution in [0.5, 0.6) is 11.5 Å². The van der Waals surface area contributed by atoms with Gasteiger partial charge in [-0.25, -0.2) is 0 Å². The molecule has 182 valence electrons. The van der Waals surface area contributed by atoms with Crippen LogP contribution >= 0.6 is 0 Å². The van der Waals surface area contributed by atoms with Gasteiger partial charge in [0.1, 0.15) is 36.9 Å². The molecule has 7 saturated carbocycles. The highest BCUT2D eigenvalue weighted by molar-refractivity contribution is 5.59. The normalized spacial score (nSPS) is 50.4. The van der Waals surface area contributed by atoms with Gasteiger partial charge in [0.25, 0.3) is 0 Å². The molecule has 1 aromatic carbocycles. The summed E-state index contributed by atoms with van der Waals surface area (Å²) in [5.41, 5.74) is 3.89. The van der Waals surface area contributed by atoms with Gasteiger partial charge in [-0.1, -0.05) is 6.42 Å². The fraction of sp³-hybridized carbons (Fsp3) is 0.800. The first-order chi connectivity index (χ1) is 16.7. The minimum absolute atomic E-state index is 0.296. The Balaban J connectivity index is 1.22. The Kier molecular flexibility index (Phi) is 3.94. The van der Waals surface area contributed by atoms with E-state index in [0.29, 0.717) is 36.3 Å². The zero-order valence-corrected chi connectivity index (χ0v) is 20.3. The van der Waals surface area contributed by atoms with Crippen LogP contribution in [0.3, 0.4) is 0 Å². The van der Waals surface area contributed by atoms with Crippen molar-refractivity contribution in [2.75, 3.05) is 26.4 Å². The van der Waals surface area contributed by atoms with Gasteiger partial charge in [0, 0.05) is 22.0 Å². The van der Waals surface area contributed by atoms with E-state index in [1.165, 1.54) is 75.7 Å². The summed E-state index contributed by atoms with van der Waals surface area (Å²) in [5, 5.41) is 0. The third-order valence-electron chi connectivity index (χ3n) is 11.8. The van der Waals surface area contributed by atoms with E-state index in [0.717, 1.165) is 48.7 Å². The first-order valence-electron chi connectivity index (χ1n) is 14.4. The van der Waals surface area contributed by atoms with E-state index >= 15 is 0 Å². The maximum Gasteiger partial charge on any atom is 0.123 e. The lowest BCUT2D eigenvalue weighted by molar-refractivity contribution is 0.0428. The largest absolute Gasteiger partial charge is 0.490 e. The number of benzene rings is 1. The molecule has 4 heteroatoms. The number of ether oxygens (including phenoxy) is 4. The number of hydrogen-bond donors (Lipinski definition) is 0. The zero-order chi connectivity index (χ0) is 22.1. The molecule has 2 heterocycles. The molecular formula is C30H38O4. The average molecular weight is 463 g/mol. The van der Waals surface area contributed by atoms with Crippen molar-refractivity contribution in [2.45, 2.75) is 87.2 Å². The van der Waals surface area contributed by atoms with Gasteiger partial charge in [0.2, 0.25) is 0 Å². The van der Waals surface area contributed by atoms with Crippen molar-refractivity contribution in [2.24, 2.45) is 35.5 Å². The lowest BCUT2D eigenvalue weighted by atomic mass is 9.49. The second-order valence-corrected chi connectivity index (χ2v) is 13.7. The van der Waals surface area contributed by atoms with Gasteiger partial charge in [-0.15, -0.1) is 0 Å². The summed E-state index contributed by atoms with van der Waals surface area (Å²) < 4.78 is 24.4. The van der Waals surface area contributed by atoms with Crippen LogP contribution in [0, 0.1) is 35.5 Å². The molecule has 8 unspecified atom stereocenters. The molecule has 0 radical (unpaired) electrons. The van der Waals surface area contributed by atoms with Gasteiger partial charge < -0.3 is 18.9 Å². The molecule has 4 nitrogen and oxygen atoms in total. The van der Waals surface area contributed by atoms with Gasteiger partial charge in [0.05, 0.1) is 13.2 Å². The smallest absolute Gasteiger partial charge is 0.123 e. The van der Waals surface area contributed by atoms with E-state index in [1.54, 1.807) is 11.1 Å². The molecule has 8 atom stereocenters. The van der Waals surface area contributed by atoms with Crippen LogP contribution in [0.2, 0.25) is 0 Å². The van der Waals surface area contributed by atoms with Crippen LogP contribution < -0.4 is 9.47 Å². The minimum atomic E-state index is 0.296. The van der Waals surface area contributed by atoms with Crippen LogP contribution in [0.25, 0.3) is 0 Å². The summed E-state index contributed by atoms with van der Waals surface area (Å²) in [6, 6.07) is 4.56. The van der Waals surface area contributed by atoms with Crippen molar-refractivity contribution in [3.8, 4) is 11.5 Å². The van der Waals surface area contributed by atoms with Crippen LogP contribution in [0.1, 0.15) is 75.3 Å². The zero-order valence-electron chi connectivity index (χ0n) is 20.3. The van der Waals surface area contributed by atoms with Crippen LogP contribution in [-0.4, -0.2) is 38.6 Å². The lowest BCUT2D eigenvalue weighted by Crippen LogP contribution is -2.49. The van der Waals surface area contributed by atoms with Crippen molar-refractivity contribution >= 4 is 0 Å². The number of epoxide rings is 2. The van der Waals surface area contributed by atoms with E-state index in [4.69, 9.17) is 18.9 Å². The van der Waals surface area contributed by atoms with Gasteiger partial charge in [-0.3, -0.25) is 0 Å². The molecular weight excluding hydrogens is 424 g/mol. The van der Waals surface area contributed by atoms with Gasteiger partial charge in [-0.05, 0) is 105 Å². The van der Waals surface area contributed by atoms with Crippen LogP contribution in [0.15, 0.2) is 12.1 Å². The maximum absolute atomic E-state index is 6.67. The SMILES string of the molecule is c1cc(OCC2CO2)c(C23CC4CCC(C2)C3C4)c(C23CC4CC(C2)C(C4)C3)c1OCC1CO1. The predicted molar refractivity (Wildman–Crippen MR) is 127 cm³/mol. The summed E-state index contributed by atoms with van der Waals surface area (Å²) in [4.78, 5) is 0. The molecule has 6 bridgehead atoms. The summed E-state index contributed by atoms with van der Waals surface area (Å²) >= 11 is 0. The topological polar surface area (TPSA) is 43.5 Å². The first kappa shape index (κ1) is 19.9. The van der Waals surface area contributed by atoms with Gasteiger partial charge in [-0.2, -0.15) is 0 Å². The standard InChI is InChI=1S/C30H38O4/c1-2-19-12-30(9-17(1)7-24(19)30)28-26(34-16-23-14-32-23)4-3-25(33-15-22-13-31-22)27(28)29-8-18-5-20(10-29)21(6-18)11-29/h3-4,17-24H,1-2,5-16H2. The van der Waals surface area contributed by atoms with Crippen molar-refractivity contribution in [3.05, 3.63) is 23.3 Å². The van der Waals surface area contributed by atoms with Crippen molar-refractivity contribution in [3.63, 3.8) is 0 Å². The minimum Gasteiger partial charge on any atom is -0.490 e. The predicted octanol–water partition coefficient (Wildman–Crippen LogP) is 5.40. The number of fused-ring (bicyclic) bond motifs is 1. The second-order valence-electron chi connectivity index (χ2n) is 13.7. The molecule has 9 fully saturated rings. The Hall–Kier alpha value is -1.26. The Bertz CT molecular complexity index is 959. The average Bonchev–Trinajstić information content (AvgIpc) is 3.74. The molecule has 0 spiro atoms. The number of rotatable bonds is 8. The lowest BCUT2D eigenvalue weighted by Gasteiger charge is -2.55. The van der Waals surface area contributed by atoms with Crippen molar-refractivity contribution < 1.29 is 18.9 Å². The molecule has 0 amide bonds. The van der Waals surface area contributed by atoms with Crippen molar-refractivity contribution in [1.82, 2.24) is 0 Å². The molecule has 2 saturated heterocycles. The summed E-state index contributed by atoms with van der Waals surface area (Å²) in [7, 11) is 0. The molecule has 9 aliphatic rings. The fourth-order valence-electron chi connectivity index (χ4n) is 10.7. The van der Waals surface area contributed by atoms with Crippen molar-refractivity contribution in [1.29, 1.82) is 0 Å². The molecule has 0 N–H and O–H groups in total. The molecule has 1 aromatic rings. The monoisotopic (exact) mass is 462 g/mol. The molecule has 34 heavy (non-hydrogen) atoms. The first-order valence-corrected chi connectivity index (χ1v) is 14.4. The summed E-state index contributed by atoms with van der Waals surface area (Å²) in [6.45, 7) is 3.13. The van der Waals surface area contributed by atoms with E-state index in [9.17, 15) is 0 Å². The third kappa shape index (κ3) is 2.73. The highest BCUT2D eigenvalue weighted by Gasteiger charge is 2.65. The highest BCUT2D eigenvalue weighted by atomic mass is 16.6. The van der Waals surface area contributed by atoms with E-state index in [-0.39, 0.29) is 0 Å². The molecule has 7 aliphatic carbocycles.